The third-order valence-corrected chi connectivity index (χ3v) is 1.56. The number of amides is 3. The molecule has 3 N–H and O–H groups in total. The van der Waals surface area contributed by atoms with Gasteiger partial charge in [-0.1, -0.05) is 0 Å². The number of carbonyl (C=O) groups is 2. The fourth-order valence-corrected chi connectivity index (χ4v) is 0.551. The van der Waals surface area contributed by atoms with E-state index in [-0.39, 0.29) is 5.24 Å². The molecule has 0 aromatic carbocycles. The normalized spacial score (nSPS) is 10.2. The molecule has 0 saturated carbocycles. The molecule has 4 nitrogen and oxygen atoms in total. The summed E-state index contributed by atoms with van der Waals surface area (Å²) in [5.74, 6) is 0. The largest absolute Gasteiger partial charge is 0.351 e. The first-order valence-corrected chi connectivity index (χ1v) is 4.55. The van der Waals surface area contributed by atoms with Crippen molar-refractivity contribution in [3.63, 3.8) is 0 Å². The van der Waals surface area contributed by atoms with Crippen LogP contribution in [0.25, 0.3) is 0 Å². The molecule has 0 saturated heterocycles. The zero-order valence-electron chi connectivity index (χ0n) is 5.34. The summed E-state index contributed by atoms with van der Waals surface area (Å²) in [5, 5.41) is 1.69. The Hall–Kier alpha value is -0.710. The Bertz CT molecular complexity index is 135. The third kappa shape index (κ3) is 3.84. The molecule has 3 amide bonds. The van der Waals surface area contributed by atoms with Gasteiger partial charge in [0.25, 0.3) is 5.24 Å². The SMILES string of the molecule is C[SH](C)C(=O)NC(N)=O. The van der Waals surface area contributed by atoms with Crippen molar-refractivity contribution in [2.75, 3.05) is 12.5 Å². The molecule has 9 heavy (non-hydrogen) atoms. The van der Waals surface area contributed by atoms with E-state index in [2.05, 4.69) is 5.73 Å². The van der Waals surface area contributed by atoms with Crippen LogP contribution in [0.5, 0.6) is 0 Å². The minimum absolute atomic E-state index is 0.280. The summed E-state index contributed by atoms with van der Waals surface area (Å²) in [4.78, 5) is 20.6. The average Bonchev–Trinajstić information content (AvgIpc) is 1.63. The van der Waals surface area contributed by atoms with E-state index in [9.17, 15) is 9.59 Å². The van der Waals surface area contributed by atoms with Crippen molar-refractivity contribution in [2.24, 2.45) is 5.73 Å². The molecule has 0 aliphatic rings. The summed E-state index contributed by atoms with van der Waals surface area (Å²) in [6.45, 7) is 0. The Morgan fingerprint density at radius 3 is 2.00 bits per heavy atom. The van der Waals surface area contributed by atoms with E-state index in [1.54, 1.807) is 12.5 Å². The molecule has 0 aromatic heterocycles. The summed E-state index contributed by atoms with van der Waals surface area (Å²) < 4.78 is 0. The van der Waals surface area contributed by atoms with E-state index in [0.717, 1.165) is 0 Å². The summed E-state index contributed by atoms with van der Waals surface area (Å²) in [5.41, 5.74) is 4.67. The molecule has 0 atom stereocenters. The maximum atomic E-state index is 10.6. The van der Waals surface area contributed by atoms with Gasteiger partial charge in [-0.2, -0.15) is 10.9 Å². The van der Waals surface area contributed by atoms with Gasteiger partial charge in [0.1, 0.15) is 0 Å². The van der Waals surface area contributed by atoms with Gasteiger partial charge in [0.15, 0.2) is 0 Å². The van der Waals surface area contributed by atoms with Crippen molar-refractivity contribution in [3.05, 3.63) is 0 Å². The third-order valence-electron chi connectivity index (χ3n) is 0.636. The molecule has 0 rings (SSSR count). The summed E-state index contributed by atoms with van der Waals surface area (Å²) in [7, 11) is -0.745. The van der Waals surface area contributed by atoms with Gasteiger partial charge in [0.05, 0.1) is 0 Å². The highest BCUT2D eigenvalue weighted by atomic mass is 32.2. The first-order chi connectivity index (χ1) is 4.04. The van der Waals surface area contributed by atoms with Gasteiger partial charge < -0.3 is 5.73 Å². The van der Waals surface area contributed by atoms with Gasteiger partial charge in [-0.15, -0.1) is 0 Å². The topological polar surface area (TPSA) is 72.2 Å². The number of hydrogen-bond acceptors (Lipinski definition) is 2. The average molecular weight is 150 g/mol. The number of nitrogens with two attached hydrogens (primary N) is 1. The van der Waals surface area contributed by atoms with E-state index in [0.29, 0.717) is 0 Å². The number of hydrogen-bond donors (Lipinski definition) is 3. The molecular formula is C4H10N2O2S. The maximum absolute atomic E-state index is 10.6. The summed E-state index contributed by atoms with van der Waals surface area (Å²) >= 11 is 0. The molecule has 0 aliphatic carbocycles. The molecule has 0 spiro atoms. The van der Waals surface area contributed by atoms with Crippen molar-refractivity contribution in [2.45, 2.75) is 0 Å². The zero-order valence-corrected chi connectivity index (χ0v) is 6.24. The van der Waals surface area contributed by atoms with Gasteiger partial charge in [-0.25, -0.2) is 4.79 Å². The Balaban J connectivity index is 3.64. The fraction of sp³-hybridized carbons (Fsp3) is 0.500. The lowest BCUT2D eigenvalue weighted by Crippen LogP contribution is -2.33. The van der Waals surface area contributed by atoms with Gasteiger partial charge in [-0.05, 0) is 12.5 Å². The second-order valence-electron chi connectivity index (χ2n) is 1.69. The van der Waals surface area contributed by atoms with Crippen LogP contribution in [0.15, 0.2) is 0 Å². The molecule has 0 fully saturated rings. The monoisotopic (exact) mass is 150 g/mol. The van der Waals surface area contributed by atoms with E-state index in [4.69, 9.17) is 0 Å². The van der Waals surface area contributed by atoms with Crippen LogP contribution >= 0.6 is 10.9 Å². The van der Waals surface area contributed by atoms with Crippen LogP contribution in [0, 0.1) is 0 Å². The lowest BCUT2D eigenvalue weighted by Gasteiger charge is -2.05. The van der Waals surface area contributed by atoms with Gasteiger partial charge in [-0.3, -0.25) is 10.1 Å². The van der Waals surface area contributed by atoms with Crippen LogP contribution in [-0.2, 0) is 0 Å². The Kier molecular flexibility index (Phi) is 3.08. The molecule has 5 heteroatoms. The van der Waals surface area contributed by atoms with Crippen molar-refractivity contribution in [1.29, 1.82) is 0 Å². The van der Waals surface area contributed by atoms with Crippen LogP contribution < -0.4 is 11.1 Å². The molecule has 0 heterocycles. The van der Waals surface area contributed by atoms with E-state index < -0.39 is 16.9 Å². The molecule has 0 unspecified atom stereocenters. The maximum Gasteiger partial charge on any atom is 0.319 e. The first-order valence-electron chi connectivity index (χ1n) is 2.31. The molecular weight excluding hydrogens is 140 g/mol. The molecule has 54 valence electrons. The number of nitrogens with one attached hydrogen (secondary N) is 1. The van der Waals surface area contributed by atoms with Crippen LogP contribution in [0.3, 0.4) is 0 Å². The lowest BCUT2D eigenvalue weighted by molar-refractivity contribution is 0.242. The predicted molar refractivity (Wildman–Crippen MR) is 38.9 cm³/mol. The number of rotatable bonds is 0. The van der Waals surface area contributed by atoms with E-state index in [1.165, 1.54) is 0 Å². The standard InChI is InChI=1S/C4H10N2O2S/c1-9(2)4(8)6-3(5)7/h9H,1-2H3,(H3,5,6,7,8). The predicted octanol–water partition coefficient (Wildman–Crippen LogP) is 0.0355. The molecule has 0 aliphatic heterocycles. The Morgan fingerprint density at radius 1 is 1.44 bits per heavy atom. The van der Waals surface area contributed by atoms with Crippen LogP contribution in [-0.4, -0.2) is 23.8 Å². The smallest absolute Gasteiger partial charge is 0.319 e. The lowest BCUT2D eigenvalue weighted by atomic mass is 11.0. The minimum Gasteiger partial charge on any atom is -0.351 e. The van der Waals surface area contributed by atoms with Crippen molar-refractivity contribution in [1.82, 2.24) is 5.32 Å². The van der Waals surface area contributed by atoms with Crippen molar-refractivity contribution in [3.8, 4) is 0 Å². The highest BCUT2D eigenvalue weighted by Crippen LogP contribution is 2.12. The zero-order chi connectivity index (χ0) is 7.44. The van der Waals surface area contributed by atoms with Gasteiger partial charge >= 0.3 is 6.03 Å². The summed E-state index contributed by atoms with van der Waals surface area (Å²) in [6, 6.07) is -0.781. The van der Waals surface area contributed by atoms with E-state index in [1.807, 2.05) is 5.32 Å². The quantitative estimate of drug-likeness (QED) is 0.426. The Morgan fingerprint density at radius 2 is 1.89 bits per heavy atom. The highest BCUT2D eigenvalue weighted by molar-refractivity contribution is 8.28. The summed E-state index contributed by atoms with van der Waals surface area (Å²) in [6.07, 6.45) is 3.49. The van der Waals surface area contributed by atoms with Crippen LogP contribution in [0.1, 0.15) is 0 Å². The van der Waals surface area contributed by atoms with E-state index >= 15 is 0 Å². The fourth-order valence-electron chi connectivity index (χ4n) is 0.217. The van der Waals surface area contributed by atoms with Gasteiger partial charge in [0.2, 0.25) is 0 Å². The van der Waals surface area contributed by atoms with Crippen molar-refractivity contribution >= 4 is 22.2 Å². The minimum atomic E-state index is -0.781. The highest BCUT2D eigenvalue weighted by Gasteiger charge is 2.03. The number of urea groups is 1. The van der Waals surface area contributed by atoms with Crippen LogP contribution in [0.4, 0.5) is 9.59 Å². The number of carbonyl (C=O) groups excluding carboxylic acids is 2. The number of thiol groups is 1. The number of primary amides is 1. The second kappa shape index (κ2) is 3.34. The van der Waals surface area contributed by atoms with Crippen LogP contribution in [0.2, 0.25) is 0 Å². The number of imide groups is 1. The molecule has 0 aromatic rings. The second-order valence-corrected chi connectivity index (χ2v) is 3.88. The molecule has 0 radical (unpaired) electrons. The Labute approximate surface area is 56.1 Å². The first kappa shape index (κ1) is 8.29. The van der Waals surface area contributed by atoms with Crippen molar-refractivity contribution < 1.29 is 9.59 Å². The van der Waals surface area contributed by atoms with Gasteiger partial charge in [0, 0.05) is 0 Å². The molecule has 0 bridgehead atoms.